The molecule has 0 saturated heterocycles. The number of anilines is 1. The molecule has 0 fully saturated rings. The van der Waals surface area contributed by atoms with Crippen molar-refractivity contribution in [1.29, 1.82) is 5.26 Å². The molecular weight excluding hydrogens is 583 g/mol. The molecule has 0 bridgehead atoms. The molecule has 190 valence electrons. The highest BCUT2D eigenvalue weighted by Gasteiger charge is 2.33. The number of benzene rings is 3. The minimum atomic E-state index is -4.79. The first kappa shape index (κ1) is 27.5. The molecule has 13 heteroatoms. The average molecular weight is 597 g/mol. The van der Waals surface area contributed by atoms with Crippen molar-refractivity contribution in [2.75, 3.05) is 12.4 Å². The van der Waals surface area contributed by atoms with E-state index in [0.29, 0.717) is 23.4 Å². The van der Waals surface area contributed by atoms with Crippen molar-refractivity contribution in [3.05, 3.63) is 90.9 Å². The molecule has 3 aromatic carbocycles. The first-order valence-corrected chi connectivity index (χ1v) is 11.2. The topological polar surface area (TPSA) is 114 Å². The number of amides is 1. The predicted octanol–water partition coefficient (Wildman–Crippen LogP) is 7.38. The normalized spacial score (nSPS) is 11.4. The summed E-state index contributed by atoms with van der Waals surface area (Å²) in [6.45, 7) is 0. The van der Waals surface area contributed by atoms with Gasteiger partial charge in [-0.25, -0.2) is 0 Å². The molecule has 1 N–H and O–H groups in total. The van der Waals surface area contributed by atoms with Crippen LogP contribution in [0.5, 0.6) is 17.2 Å². The van der Waals surface area contributed by atoms with Gasteiger partial charge in [0, 0.05) is 6.07 Å². The molecule has 3 rings (SSSR count). The van der Waals surface area contributed by atoms with E-state index in [2.05, 4.69) is 21.2 Å². The van der Waals surface area contributed by atoms with Crippen molar-refractivity contribution in [3.63, 3.8) is 0 Å². The zero-order chi connectivity index (χ0) is 27.3. The molecule has 0 aromatic heterocycles. The lowest BCUT2D eigenvalue weighted by atomic mass is 10.1. The number of halogens is 5. The van der Waals surface area contributed by atoms with Gasteiger partial charge in [0.15, 0.2) is 11.5 Å². The Morgan fingerprint density at radius 2 is 1.89 bits per heavy atom. The third-order valence-corrected chi connectivity index (χ3v) is 5.66. The summed E-state index contributed by atoms with van der Waals surface area (Å²) in [6.07, 6.45) is -3.53. The van der Waals surface area contributed by atoms with Gasteiger partial charge in [-0.15, -0.1) is 0 Å². The van der Waals surface area contributed by atoms with Crippen LogP contribution in [0, 0.1) is 21.4 Å². The van der Waals surface area contributed by atoms with Crippen LogP contribution in [0.1, 0.15) is 11.1 Å². The van der Waals surface area contributed by atoms with Gasteiger partial charge in [0.2, 0.25) is 5.75 Å². The molecule has 0 saturated carbocycles. The van der Waals surface area contributed by atoms with Crippen LogP contribution < -0.4 is 14.8 Å². The van der Waals surface area contributed by atoms with Crippen LogP contribution in [-0.4, -0.2) is 17.9 Å². The van der Waals surface area contributed by atoms with E-state index in [0.717, 1.165) is 6.07 Å². The summed E-state index contributed by atoms with van der Waals surface area (Å²) in [5.74, 6) is -1.26. The van der Waals surface area contributed by atoms with Crippen LogP contribution in [0.2, 0.25) is 5.02 Å². The summed E-state index contributed by atoms with van der Waals surface area (Å²) in [4.78, 5) is 23.0. The molecule has 0 radical (unpaired) electrons. The third kappa shape index (κ3) is 6.58. The summed E-state index contributed by atoms with van der Waals surface area (Å²) in [5, 5.41) is 23.7. The number of alkyl halides is 3. The number of nitro benzene ring substituents is 1. The number of nitriles is 1. The molecule has 0 unspecified atom stereocenters. The van der Waals surface area contributed by atoms with Gasteiger partial charge in [0.05, 0.1) is 32.8 Å². The number of carbonyl (C=O) groups is 1. The number of nitrogens with one attached hydrogen (secondary N) is 1. The molecule has 1 amide bonds. The highest BCUT2D eigenvalue weighted by Crippen LogP contribution is 2.44. The second kappa shape index (κ2) is 11.3. The van der Waals surface area contributed by atoms with Crippen LogP contribution in [0.4, 0.5) is 24.5 Å². The summed E-state index contributed by atoms with van der Waals surface area (Å²) in [6, 6.07) is 12.9. The van der Waals surface area contributed by atoms with Gasteiger partial charge in [0.25, 0.3) is 5.91 Å². The maximum atomic E-state index is 13.0. The molecule has 3 aromatic rings. The van der Waals surface area contributed by atoms with E-state index >= 15 is 0 Å². The maximum absolute atomic E-state index is 13.0. The molecule has 0 spiro atoms. The van der Waals surface area contributed by atoms with Crippen LogP contribution in [0.15, 0.2) is 64.6 Å². The lowest BCUT2D eigenvalue weighted by Crippen LogP contribution is -2.13. The molecule has 0 atom stereocenters. The second-order valence-corrected chi connectivity index (χ2v) is 8.44. The van der Waals surface area contributed by atoms with E-state index in [9.17, 15) is 33.3 Å². The number of para-hydroxylation sites is 1. The van der Waals surface area contributed by atoms with Crippen LogP contribution in [0.3, 0.4) is 0 Å². The number of hydrogen-bond acceptors (Lipinski definition) is 6. The van der Waals surface area contributed by atoms with Gasteiger partial charge in [-0.3, -0.25) is 14.9 Å². The minimum absolute atomic E-state index is 0.0126. The van der Waals surface area contributed by atoms with E-state index in [1.54, 1.807) is 30.3 Å². The van der Waals surface area contributed by atoms with E-state index in [1.165, 1.54) is 25.3 Å². The van der Waals surface area contributed by atoms with Gasteiger partial charge < -0.3 is 14.8 Å². The maximum Gasteiger partial charge on any atom is 0.416 e. The Balaban J connectivity index is 1.96. The molecule has 37 heavy (non-hydrogen) atoms. The van der Waals surface area contributed by atoms with Crippen molar-refractivity contribution in [2.24, 2.45) is 0 Å². The minimum Gasteiger partial charge on any atom is -0.493 e. The summed E-state index contributed by atoms with van der Waals surface area (Å²) >= 11 is 9.26. The van der Waals surface area contributed by atoms with Gasteiger partial charge >= 0.3 is 11.9 Å². The molecule has 0 aliphatic carbocycles. The van der Waals surface area contributed by atoms with E-state index in [-0.39, 0.29) is 26.6 Å². The lowest BCUT2D eigenvalue weighted by Gasteiger charge is -2.14. The molecular formula is C24H14BrClF3N3O5. The third-order valence-electron chi connectivity index (χ3n) is 4.74. The number of carbonyl (C=O) groups excluding carboxylic acids is 1. The van der Waals surface area contributed by atoms with E-state index < -0.39 is 34.0 Å². The van der Waals surface area contributed by atoms with Crippen LogP contribution >= 0.6 is 27.5 Å². The van der Waals surface area contributed by atoms with Crippen molar-refractivity contribution in [3.8, 4) is 23.3 Å². The van der Waals surface area contributed by atoms with E-state index in [4.69, 9.17) is 21.1 Å². The van der Waals surface area contributed by atoms with Gasteiger partial charge in [-0.2, -0.15) is 18.4 Å². The Kier molecular flexibility index (Phi) is 8.42. The largest absolute Gasteiger partial charge is 0.493 e. The Hall–Kier alpha value is -4.08. The molecule has 0 heterocycles. The van der Waals surface area contributed by atoms with Gasteiger partial charge in [0.1, 0.15) is 11.6 Å². The quantitative estimate of drug-likeness (QED) is 0.132. The van der Waals surface area contributed by atoms with Crippen LogP contribution in [0.25, 0.3) is 6.08 Å². The number of rotatable bonds is 7. The highest BCUT2D eigenvalue weighted by molar-refractivity contribution is 9.10. The molecule has 0 aliphatic heterocycles. The average Bonchev–Trinajstić information content (AvgIpc) is 2.84. The predicted molar refractivity (Wildman–Crippen MR) is 133 cm³/mol. The van der Waals surface area contributed by atoms with Crippen molar-refractivity contribution in [1.82, 2.24) is 0 Å². The van der Waals surface area contributed by atoms with Crippen molar-refractivity contribution < 1.29 is 32.4 Å². The fraction of sp³-hybridized carbons (Fsp3) is 0.0833. The highest BCUT2D eigenvalue weighted by atomic mass is 79.9. The van der Waals surface area contributed by atoms with Crippen molar-refractivity contribution in [2.45, 2.75) is 6.18 Å². The number of nitro groups is 1. The van der Waals surface area contributed by atoms with Gasteiger partial charge in [-0.05, 0) is 64.0 Å². The SMILES string of the molecule is COc1cc(/C=C(\C#N)C(=O)Nc2ccccc2Cl)cc(Br)c1Oc1ccc(C(F)(F)F)cc1[N+](=O)[O-]. The first-order valence-electron chi connectivity index (χ1n) is 10.0. The summed E-state index contributed by atoms with van der Waals surface area (Å²) in [5.41, 5.74) is -1.78. The molecule has 0 aliphatic rings. The Morgan fingerprint density at radius 1 is 1.19 bits per heavy atom. The van der Waals surface area contributed by atoms with E-state index in [1.807, 2.05) is 0 Å². The Labute approximate surface area is 221 Å². The summed E-state index contributed by atoms with van der Waals surface area (Å²) in [7, 11) is 1.26. The number of ether oxygens (including phenoxy) is 2. The number of hydrogen-bond donors (Lipinski definition) is 1. The fourth-order valence-corrected chi connectivity index (χ4v) is 3.75. The number of nitrogens with zero attached hydrogens (tertiary/aromatic N) is 2. The number of methoxy groups -OCH3 is 1. The Morgan fingerprint density at radius 3 is 2.49 bits per heavy atom. The zero-order valence-corrected chi connectivity index (χ0v) is 20.9. The van der Waals surface area contributed by atoms with Crippen LogP contribution in [-0.2, 0) is 11.0 Å². The summed E-state index contributed by atoms with van der Waals surface area (Å²) < 4.78 is 50.0. The monoisotopic (exact) mass is 595 g/mol. The molecule has 8 nitrogen and oxygen atoms in total. The zero-order valence-electron chi connectivity index (χ0n) is 18.6. The van der Waals surface area contributed by atoms with Gasteiger partial charge in [-0.1, -0.05) is 23.7 Å². The van der Waals surface area contributed by atoms with Crippen molar-refractivity contribution >= 4 is 50.9 Å². The Bertz CT molecular complexity index is 1450. The second-order valence-electron chi connectivity index (χ2n) is 7.18. The first-order chi connectivity index (χ1) is 17.4. The fourth-order valence-electron chi connectivity index (χ4n) is 3.02. The standard InChI is InChI=1S/C24H14BrClF3N3O5/c1-36-21-10-13(8-14(12-30)23(33)31-18-5-3-2-4-17(18)26)9-16(25)22(21)37-20-7-6-15(24(27,28)29)11-19(20)32(34)35/h2-11H,1H3,(H,31,33)/b14-8+. The smallest absolute Gasteiger partial charge is 0.416 e. The lowest BCUT2D eigenvalue weighted by molar-refractivity contribution is -0.385.